The van der Waals surface area contributed by atoms with Gasteiger partial charge in [-0.15, -0.1) is 10.2 Å². The van der Waals surface area contributed by atoms with Gasteiger partial charge >= 0.3 is 0 Å². The van der Waals surface area contributed by atoms with Gasteiger partial charge in [0, 0.05) is 0 Å². The summed E-state index contributed by atoms with van der Waals surface area (Å²) in [5, 5.41) is 23.6. The molecule has 0 bridgehead atoms. The Hall–Kier alpha value is -2.76. The van der Waals surface area contributed by atoms with Crippen LogP contribution in [0.2, 0.25) is 0 Å². The molecule has 3 rings (SSSR count). The predicted molar refractivity (Wildman–Crippen MR) is 71.7 cm³/mol. The third-order valence-corrected chi connectivity index (χ3v) is 3.46. The summed E-state index contributed by atoms with van der Waals surface area (Å²) in [6, 6.07) is 9.67. The molecule has 0 spiro atoms. The number of aromatic amines is 1. The van der Waals surface area contributed by atoms with E-state index in [9.17, 15) is 9.90 Å². The van der Waals surface area contributed by atoms with E-state index in [1.807, 2.05) is 30.3 Å². The Kier molecular flexibility index (Phi) is 2.90. The average Bonchev–Trinajstić information content (AvgIpc) is 3.04. The maximum absolute atomic E-state index is 11.6. The molecule has 1 aliphatic rings. The number of rotatable bonds is 3. The Balaban J connectivity index is 2.06. The molecular formula is C14H12N4O2. The van der Waals surface area contributed by atoms with Gasteiger partial charge in [0.15, 0.2) is 5.82 Å². The SMILES string of the molecule is O=CC1(c2nn[nH]n2)CC(c2ccccc2)=CC=C1O. The number of aldehydes is 1. The van der Waals surface area contributed by atoms with Gasteiger partial charge < -0.3 is 9.90 Å². The summed E-state index contributed by atoms with van der Waals surface area (Å²) in [6.07, 6.45) is 4.27. The van der Waals surface area contributed by atoms with Crippen molar-refractivity contribution < 1.29 is 9.90 Å². The number of H-pyrrole nitrogens is 1. The number of tetrazole rings is 1. The van der Waals surface area contributed by atoms with Crippen molar-refractivity contribution in [3.05, 3.63) is 59.6 Å². The standard InChI is InChI=1S/C14H12N4O2/c19-9-14(13-15-17-18-16-13)8-11(6-7-12(14)20)10-4-2-1-3-5-10/h1-7,9,20H,8H2,(H,15,16,17,18). The quantitative estimate of drug-likeness (QED) is 0.824. The van der Waals surface area contributed by atoms with E-state index in [1.165, 1.54) is 6.08 Å². The minimum Gasteiger partial charge on any atom is -0.511 e. The van der Waals surface area contributed by atoms with E-state index in [0.717, 1.165) is 11.1 Å². The molecule has 0 fully saturated rings. The molecule has 2 aromatic rings. The van der Waals surface area contributed by atoms with Crippen LogP contribution in [0.15, 0.2) is 48.2 Å². The monoisotopic (exact) mass is 268 g/mol. The number of nitrogens with zero attached hydrogens (tertiary/aromatic N) is 3. The van der Waals surface area contributed by atoms with Crippen molar-refractivity contribution in [3.8, 4) is 0 Å². The fraction of sp³-hybridized carbons (Fsp3) is 0.143. The Labute approximate surface area is 114 Å². The van der Waals surface area contributed by atoms with Gasteiger partial charge in [-0.25, -0.2) is 0 Å². The Morgan fingerprint density at radius 1 is 1.25 bits per heavy atom. The van der Waals surface area contributed by atoms with Crippen LogP contribution < -0.4 is 0 Å². The zero-order valence-corrected chi connectivity index (χ0v) is 10.5. The molecule has 0 aliphatic heterocycles. The van der Waals surface area contributed by atoms with E-state index in [0.29, 0.717) is 12.7 Å². The van der Waals surface area contributed by atoms with Crippen molar-refractivity contribution in [1.29, 1.82) is 0 Å². The molecule has 100 valence electrons. The first kappa shape index (κ1) is 12.3. The summed E-state index contributed by atoms with van der Waals surface area (Å²) in [7, 11) is 0. The number of aromatic nitrogens is 4. The summed E-state index contributed by atoms with van der Waals surface area (Å²) < 4.78 is 0. The van der Waals surface area contributed by atoms with Crippen molar-refractivity contribution >= 4 is 11.9 Å². The van der Waals surface area contributed by atoms with Crippen LogP contribution in [0, 0.1) is 0 Å². The molecule has 1 aromatic heterocycles. The molecule has 20 heavy (non-hydrogen) atoms. The highest BCUT2D eigenvalue weighted by molar-refractivity contribution is 5.81. The minimum atomic E-state index is -1.27. The lowest BCUT2D eigenvalue weighted by Crippen LogP contribution is -2.34. The van der Waals surface area contributed by atoms with Crippen molar-refractivity contribution in [2.75, 3.05) is 0 Å². The number of hydrogen-bond acceptors (Lipinski definition) is 5. The maximum Gasteiger partial charge on any atom is 0.195 e. The summed E-state index contributed by atoms with van der Waals surface area (Å²) in [4.78, 5) is 11.6. The first-order chi connectivity index (χ1) is 9.76. The van der Waals surface area contributed by atoms with Crippen LogP contribution in [0.25, 0.3) is 5.57 Å². The number of aliphatic hydroxyl groups is 1. The Bertz CT molecular complexity index is 676. The topological polar surface area (TPSA) is 91.8 Å². The van der Waals surface area contributed by atoms with Crippen molar-refractivity contribution in [2.45, 2.75) is 11.8 Å². The summed E-state index contributed by atoms with van der Waals surface area (Å²) in [5.74, 6) is 0.0939. The molecular weight excluding hydrogens is 256 g/mol. The molecule has 6 nitrogen and oxygen atoms in total. The molecule has 2 N–H and O–H groups in total. The fourth-order valence-corrected chi connectivity index (χ4v) is 2.33. The largest absolute Gasteiger partial charge is 0.511 e. The first-order valence-corrected chi connectivity index (χ1v) is 6.12. The van der Waals surface area contributed by atoms with Gasteiger partial charge in [-0.2, -0.15) is 5.21 Å². The maximum atomic E-state index is 11.6. The second-order valence-electron chi connectivity index (χ2n) is 4.61. The zero-order valence-electron chi connectivity index (χ0n) is 10.5. The van der Waals surface area contributed by atoms with Gasteiger partial charge in [0.2, 0.25) is 0 Å². The second-order valence-corrected chi connectivity index (χ2v) is 4.61. The number of benzene rings is 1. The van der Waals surface area contributed by atoms with E-state index in [1.54, 1.807) is 6.08 Å². The van der Waals surface area contributed by atoms with Crippen LogP contribution in [0.1, 0.15) is 17.8 Å². The van der Waals surface area contributed by atoms with Gasteiger partial charge in [-0.1, -0.05) is 41.6 Å². The minimum absolute atomic E-state index is 0.0754. The van der Waals surface area contributed by atoms with Crippen molar-refractivity contribution in [1.82, 2.24) is 20.6 Å². The van der Waals surface area contributed by atoms with E-state index in [2.05, 4.69) is 20.6 Å². The Morgan fingerprint density at radius 2 is 2.05 bits per heavy atom. The molecule has 0 saturated heterocycles. The van der Waals surface area contributed by atoms with Crippen molar-refractivity contribution in [2.24, 2.45) is 0 Å². The molecule has 6 heteroatoms. The predicted octanol–water partition coefficient (Wildman–Crippen LogP) is 1.57. The molecule has 1 aromatic carbocycles. The lowest BCUT2D eigenvalue weighted by atomic mass is 9.75. The average molecular weight is 268 g/mol. The number of aliphatic hydroxyl groups excluding tert-OH is 1. The first-order valence-electron chi connectivity index (χ1n) is 6.12. The molecule has 0 radical (unpaired) electrons. The van der Waals surface area contributed by atoms with Gasteiger partial charge in [-0.3, -0.25) is 0 Å². The second kappa shape index (κ2) is 4.73. The summed E-state index contributed by atoms with van der Waals surface area (Å²) in [6.45, 7) is 0. The van der Waals surface area contributed by atoms with Crippen LogP contribution in [-0.4, -0.2) is 32.0 Å². The zero-order chi connectivity index (χ0) is 14.0. The van der Waals surface area contributed by atoms with Crippen LogP contribution in [0.4, 0.5) is 0 Å². The van der Waals surface area contributed by atoms with Gasteiger partial charge in [0.05, 0.1) is 0 Å². The third-order valence-electron chi connectivity index (χ3n) is 3.46. The molecule has 1 unspecified atom stereocenters. The smallest absolute Gasteiger partial charge is 0.195 e. The molecule has 0 amide bonds. The molecule has 1 atom stereocenters. The Morgan fingerprint density at radius 3 is 2.70 bits per heavy atom. The molecule has 1 aliphatic carbocycles. The fourth-order valence-electron chi connectivity index (χ4n) is 2.33. The van der Waals surface area contributed by atoms with E-state index < -0.39 is 5.41 Å². The van der Waals surface area contributed by atoms with Gasteiger partial charge in [-0.05, 0) is 23.6 Å². The number of carbonyl (C=O) groups is 1. The van der Waals surface area contributed by atoms with Crippen LogP contribution >= 0.6 is 0 Å². The summed E-state index contributed by atoms with van der Waals surface area (Å²) >= 11 is 0. The number of carbonyl (C=O) groups excluding carboxylic acids is 1. The van der Waals surface area contributed by atoms with E-state index in [-0.39, 0.29) is 11.6 Å². The highest BCUT2D eigenvalue weighted by atomic mass is 16.3. The number of hydrogen-bond donors (Lipinski definition) is 2. The number of allylic oxidation sites excluding steroid dienone is 4. The van der Waals surface area contributed by atoms with Crippen LogP contribution in [0.5, 0.6) is 0 Å². The lowest BCUT2D eigenvalue weighted by Gasteiger charge is -2.28. The number of nitrogens with one attached hydrogen (secondary N) is 1. The summed E-state index contributed by atoms with van der Waals surface area (Å²) in [5.41, 5.74) is 0.652. The normalized spacial score (nSPS) is 22.0. The van der Waals surface area contributed by atoms with Crippen molar-refractivity contribution in [3.63, 3.8) is 0 Å². The highest BCUT2D eigenvalue weighted by Gasteiger charge is 2.43. The lowest BCUT2D eigenvalue weighted by molar-refractivity contribution is -0.112. The van der Waals surface area contributed by atoms with E-state index in [4.69, 9.17) is 0 Å². The third kappa shape index (κ3) is 1.82. The molecule has 0 saturated carbocycles. The van der Waals surface area contributed by atoms with Gasteiger partial charge in [0.1, 0.15) is 17.5 Å². The van der Waals surface area contributed by atoms with Gasteiger partial charge in [0.25, 0.3) is 0 Å². The van der Waals surface area contributed by atoms with Crippen LogP contribution in [-0.2, 0) is 10.2 Å². The molecule has 1 heterocycles. The van der Waals surface area contributed by atoms with E-state index >= 15 is 0 Å². The highest BCUT2D eigenvalue weighted by Crippen LogP contribution is 2.39. The van der Waals surface area contributed by atoms with Crippen LogP contribution in [0.3, 0.4) is 0 Å².